The molecule has 2 aromatic rings. The van der Waals surface area contributed by atoms with Crippen molar-refractivity contribution in [2.45, 2.75) is 12.8 Å². The van der Waals surface area contributed by atoms with E-state index in [1.165, 1.54) is 21.5 Å². The topological polar surface area (TPSA) is 16.1 Å². The first kappa shape index (κ1) is 10.5. The van der Waals surface area contributed by atoms with Crippen molar-refractivity contribution in [3.63, 3.8) is 0 Å². The first-order valence-corrected chi connectivity index (χ1v) is 7.20. The Hall–Kier alpha value is -0.701. The zero-order valence-electron chi connectivity index (χ0n) is 9.16. The summed E-state index contributed by atoms with van der Waals surface area (Å²) in [5.41, 5.74) is 1.45. The molecule has 0 bridgehead atoms. The molecule has 0 saturated heterocycles. The predicted octanol–water partition coefficient (Wildman–Crippen LogP) is 1.46. The molecule has 0 atom stereocenters. The first-order valence-electron chi connectivity index (χ1n) is 5.49. The Morgan fingerprint density at radius 3 is 3.00 bits per heavy atom. The van der Waals surface area contributed by atoms with Crippen molar-refractivity contribution in [3.05, 3.63) is 28.1 Å². The van der Waals surface area contributed by atoms with Crippen LogP contribution in [0.3, 0.4) is 0 Å². The molecule has 0 unspecified atom stereocenters. The molecule has 0 saturated carbocycles. The van der Waals surface area contributed by atoms with Gasteiger partial charge in [0.2, 0.25) is 0 Å². The number of hydrogen-bond acceptors (Lipinski definition) is 2. The summed E-state index contributed by atoms with van der Waals surface area (Å²) in [6.07, 6.45) is 2.22. The normalized spacial score (nSPS) is 17.4. The molecule has 0 radical (unpaired) electrons. The molecule has 0 aliphatic carbocycles. The fraction of sp³-hybridized carbons (Fsp3) is 0.417. The summed E-state index contributed by atoms with van der Waals surface area (Å²) < 4.78 is 15.6. The van der Waals surface area contributed by atoms with Gasteiger partial charge in [-0.15, -0.1) is 0 Å². The molecule has 3 rings (SSSR count). The zero-order chi connectivity index (χ0) is 11.1. The van der Waals surface area contributed by atoms with E-state index in [1.54, 1.807) is 0 Å². The van der Waals surface area contributed by atoms with Gasteiger partial charge in [-0.3, -0.25) is 0 Å². The van der Waals surface area contributed by atoms with Gasteiger partial charge in [0.25, 0.3) is 0 Å². The van der Waals surface area contributed by atoms with E-state index < -0.39 is 0 Å². The third-order valence-corrected chi connectivity index (χ3v) is 5.69. The van der Waals surface area contributed by atoms with Gasteiger partial charge in [-0.05, 0) is 0 Å². The van der Waals surface area contributed by atoms with Crippen LogP contribution in [0, 0.1) is 5.95 Å². The molecule has 0 N–H and O–H groups in total. The molecule has 0 aromatic carbocycles. The Bertz CT molecular complexity index is 535. The monoisotopic (exact) mass is 284 g/mol. The molecule has 84 valence electrons. The number of nitrogens with zero attached hydrogens (tertiary/aromatic N) is 2. The van der Waals surface area contributed by atoms with Crippen molar-refractivity contribution in [2.24, 2.45) is 0 Å². The Kier molecular flexibility index (Phi) is 2.58. The second kappa shape index (κ2) is 3.95. The van der Waals surface area contributed by atoms with E-state index >= 15 is 0 Å². The number of rotatable bonds is 0. The molecular weight excluding hydrogens is 270 g/mol. The quantitative estimate of drug-likeness (QED) is 0.537. The summed E-state index contributed by atoms with van der Waals surface area (Å²) in [6, 6.07) is 3.40. The Labute approximate surface area is 99.8 Å². The number of aromatic nitrogens is 1. The van der Waals surface area contributed by atoms with Gasteiger partial charge in [-0.2, -0.15) is 0 Å². The fourth-order valence-corrected chi connectivity index (χ4v) is 4.75. The summed E-state index contributed by atoms with van der Waals surface area (Å²) >= 11 is 0.262. The van der Waals surface area contributed by atoms with E-state index in [9.17, 15) is 4.39 Å². The molecule has 0 fully saturated rings. The van der Waals surface area contributed by atoms with Crippen LogP contribution in [0.25, 0.3) is 9.78 Å². The molecular formula is C12H13FN2Se. The van der Waals surface area contributed by atoms with Crippen LogP contribution in [-0.4, -0.2) is 44.5 Å². The maximum atomic E-state index is 13.1. The van der Waals surface area contributed by atoms with Crippen LogP contribution in [0.2, 0.25) is 0 Å². The number of halogens is 1. The molecule has 1 aliphatic rings. The Balaban J connectivity index is 2.15. The summed E-state index contributed by atoms with van der Waals surface area (Å²) in [4.78, 5) is 6.40. The molecule has 0 spiro atoms. The van der Waals surface area contributed by atoms with Crippen molar-refractivity contribution in [1.29, 1.82) is 0 Å². The van der Waals surface area contributed by atoms with Crippen molar-refractivity contribution in [2.75, 3.05) is 20.1 Å². The molecule has 2 nitrogen and oxygen atoms in total. The van der Waals surface area contributed by atoms with Gasteiger partial charge in [-0.25, -0.2) is 0 Å². The van der Waals surface area contributed by atoms with Crippen molar-refractivity contribution < 1.29 is 4.39 Å². The van der Waals surface area contributed by atoms with Gasteiger partial charge in [-0.1, -0.05) is 0 Å². The zero-order valence-corrected chi connectivity index (χ0v) is 10.9. The van der Waals surface area contributed by atoms with E-state index in [0.29, 0.717) is 0 Å². The maximum absolute atomic E-state index is 13.1. The summed E-state index contributed by atoms with van der Waals surface area (Å²) in [5.74, 6) is -0.338. The third kappa shape index (κ3) is 1.71. The van der Waals surface area contributed by atoms with Gasteiger partial charge in [0.15, 0.2) is 0 Å². The van der Waals surface area contributed by atoms with Gasteiger partial charge in [0, 0.05) is 0 Å². The summed E-state index contributed by atoms with van der Waals surface area (Å²) in [7, 11) is 2.17. The number of likely N-dealkylation sites (N-methyl/N-ethyl adjacent to an activating group) is 1. The predicted molar refractivity (Wildman–Crippen MR) is 63.5 cm³/mol. The molecule has 16 heavy (non-hydrogen) atoms. The SMILES string of the molecule is CN1CCc2[se]c3nc(F)ccc3c2CC1. The van der Waals surface area contributed by atoms with Gasteiger partial charge in [0.05, 0.1) is 0 Å². The fourth-order valence-electron chi connectivity index (χ4n) is 2.24. The van der Waals surface area contributed by atoms with Crippen molar-refractivity contribution >= 4 is 24.3 Å². The van der Waals surface area contributed by atoms with Gasteiger partial charge < -0.3 is 0 Å². The van der Waals surface area contributed by atoms with Crippen molar-refractivity contribution in [3.8, 4) is 0 Å². The second-order valence-corrected chi connectivity index (χ2v) is 6.57. The van der Waals surface area contributed by atoms with E-state index in [1.807, 2.05) is 6.07 Å². The number of pyridine rings is 1. The molecule has 1 aliphatic heterocycles. The summed E-state index contributed by atoms with van der Waals surface area (Å²) in [6.45, 7) is 2.22. The van der Waals surface area contributed by atoms with Gasteiger partial charge in [0.1, 0.15) is 0 Å². The van der Waals surface area contributed by atoms with Crippen LogP contribution in [0.4, 0.5) is 4.39 Å². The van der Waals surface area contributed by atoms with Crippen LogP contribution in [0.15, 0.2) is 12.1 Å². The average molecular weight is 283 g/mol. The first-order chi connectivity index (χ1) is 7.74. The van der Waals surface area contributed by atoms with E-state index in [-0.39, 0.29) is 20.5 Å². The van der Waals surface area contributed by atoms with Crippen LogP contribution in [0.1, 0.15) is 10.0 Å². The standard InChI is InChI=1S/C12H13FN2Se/c1-15-6-4-8-9-2-3-11(13)14-12(9)16-10(8)5-7-15/h2-3H,4-7H2,1H3. The van der Waals surface area contributed by atoms with Crippen LogP contribution in [-0.2, 0) is 12.8 Å². The third-order valence-electron chi connectivity index (χ3n) is 3.17. The van der Waals surface area contributed by atoms with Gasteiger partial charge >= 0.3 is 99.6 Å². The Morgan fingerprint density at radius 2 is 2.12 bits per heavy atom. The molecule has 0 amide bonds. The minimum atomic E-state index is -0.338. The van der Waals surface area contributed by atoms with Crippen LogP contribution < -0.4 is 0 Å². The molecule has 4 heteroatoms. The van der Waals surface area contributed by atoms with Crippen LogP contribution >= 0.6 is 0 Å². The van der Waals surface area contributed by atoms with Crippen molar-refractivity contribution in [1.82, 2.24) is 9.88 Å². The second-order valence-electron chi connectivity index (χ2n) is 4.29. The minimum absolute atomic E-state index is 0.262. The van der Waals surface area contributed by atoms with E-state index in [0.717, 1.165) is 30.3 Å². The molecule has 2 aromatic heterocycles. The average Bonchev–Trinajstić information content (AvgIpc) is 2.50. The van der Waals surface area contributed by atoms with Crippen LogP contribution in [0.5, 0.6) is 0 Å². The summed E-state index contributed by atoms with van der Waals surface area (Å²) in [5, 5.41) is 1.21. The van der Waals surface area contributed by atoms with E-state index in [2.05, 4.69) is 16.9 Å². The number of fused-ring (bicyclic) bond motifs is 3. The van der Waals surface area contributed by atoms with E-state index in [4.69, 9.17) is 0 Å². The number of hydrogen-bond donors (Lipinski definition) is 0. The Morgan fingerprint density at radius 1 is 1.31 bits per heavy atom. The molecule has 3 heterocycles.